The van der Waals surface area contributed by atoms with E-state index in [4.69, 9.17) is 9.47 Å². The predicted molar refractivity (Wildman–Crippen MR) is 114 cm³/mol. The smallest absolute Gasteiger partial charge is 0.262 e. The maximum atomic E-state index is 9.34. The third-order valence-corrected chi connectivity index (χ3v) is 5.64. The van der Waals surface area contributed by atoms with Crippen LogP contribution < -0.4 is 20.1 Å². The first-order valence-corrected chi connectivity index (χ1v) is 10.3. The Labute approximate surface area is 177 Å². The zero-order valence-electron chi connectivity index (χ0n) is 18.4. The van der Waals surface area contributed by atoms with Gasteiger partial charge in [-0.25, -0.2) is 4.98 Å². The number of nitrogens with zero attached hydrogens (tertiary/aromatic N) is 5. The van der Waals surface area contributed by atoms with Crippen molar-refractivity contribution in [2.45, 2.75) is 58.0 Å². The van der Waals surface area contributed by atoms with Crippen LogP contribution in [0.15, 0.2) is 12.4 Å². The topological polar surface area (TPSA) is 110 Å². The molecule has 0 aromatic carbocycles. The lowest BCUT2D eigenvalue weighted by Crippen LogP contribution is -2.31. The minimum atomic E-state index is -0.744. The Kier molecular flexibility index (Phi) is 6.77. The van der Waals surface area contributed by atoms with Crippen molar-refractivity contribution in [3.63, 3.8) is 0 Å². The fourth-order valence-corrected chi connectivity index (χ4v) is 3.51. The van der Waals surface area contributed by atoms with Crippen LogP contribution in [0.2, 0.25) is 0 Å². The molecule has 2 N–H and O–H groups in total. The average molecular weight is 414 g/mol. The van der Waals surface area contributed by atoms with Gasteiger partial charge in [0.15, 0.2) is 5.75 Å². The number of methoxy groups -OCH3 is 1. The first-order chi connectivity index (χ1) is 14.4. The summed E-state index contributed by atoms with van der Waals surface area (Å²) < 4.78 is 13.0. The lowest BCUT2D eigenvalue weighted by molar-refractivity contribution is 0.183. The van der Waals surface area contributed by atoms with E-state index >= 15 is 0 Å². The molecule has 2 aromatic rings. The van der Waals surface area contributed by atoms with Gasteiger partial charge >= 0.3 is 0 Å². The number of ether oxygens (including phenoxy) is 2. The summed E-state index contributed by atoms with van der Waals surface area (Å²) in [5.41, 5.74) is 0.743. The van der Waals surface area contributed by atoms with Crippen molar-refractivity contribution >= 4 is 11.6 Å². The summed E-state index contributed by atoms with van der Waals surface area (Å²) in [5, 5.41) is 20.3. The number of aromatic nitrogens is 4. The minimum Gasteiger partial charge on any atom is -0.490 e. The highest BCUT2D eigenvalue weighted by molar-refractivity contribution is 5.56. The summed E-state index contributed by atoms with van der Waals surface area (Å²) in [6.07, 6.45) is 7.99. The van der Waals surface area contributed by atoms with Crippen LogP contribution in [-0.4, -0.2) is 46.6 Å². The summed E-state index contributed by atoms with van der Waals surface area (Å²) >= 11 is 0. The molecule has 0 saturated heterocycles. The van der Waals surface area contributed by atoms with Gasteiger partial charge in [-0.05, 0) is 59.4 Å². The highest BCUT2D eigenvalue weighted by atomic mass is 16.5. The number of hydrogen-bond donors (Lipinski definition) is 2. The molecule has 2 aromatic heterocycles. The molecule has 9 heteroatoms. The summed E-state index contributed by atoms with van der Waals surface area (Å²) in [6.45, 7) is 6.09. The zero-order chi connectivity index (χ0) is 21.7. The average Bonchev–Trinajstić information content (AvgIpc) is 3.13. The molecule has 0 radical (unpaired) electrons. The first kappa shape index (κ1) is 21.8. The summed E-state index contributed by atoms with van der Waals surface area (Å²) in [7, 11) is 3.60. The number of nitrogens with one attached hydrogen (secondary N) is 2. The summed E-state index contributed by atoms with van der Waals surface area (Å²) in [6, 6.07) is 2.85. The van der Waals surface area contributed by atoms with E-state index in [2.05, 4.69) is 31.8 Å². The Morgan fingerprint density at radius 1 is 1.30 bits per heavy atom. The van der Waals surface area contributed by atoms with Gasteiger partial charge in [0.25, 0.3) is 5.88 Å². The van der Waals surface area contributed by atoms with Gasteiger partial charge in [-0.15, -0.1) is 0 Å². The van der Waals surface area contributed by atoms with Crippen LogP contribution in [-0.2, 0) is 5.54 Å². The van der Waals surface area contributed by atoms with Crippen LogP contribution in [0.5, 0.6) is 11.6 Å². The van der Waals surface area contributed by atoms with Crippen LogP contribution in [0.25, 0.3) is 0 Å². The SMILES string of the molecule is CNC1CCC(COc2nc(Nc3cn(C(C)(C)C#N)nc3C)ncc2OC)CC1. The van der Waals surface area contributed by atoms with Crippen molar-refractivity contribution in [2.24, 2.45) is 5.92 Å². The van der Waals surface area contributed by atoms with E-state index in [0.717, 1.165) is 24.2 Å². The maximum absolute atomic E-state index is 9.34. The molecule has 0 aliphatic heterocycles. The lowest BCUT2D eigenvalue weighted by atomic mass is 9.87. The van der Waals surface area contributed by atoms with Crippen LogP contribution in [0.1, 0.15) is 45.2 Å². The van der Waals surface area contributed by atoms with Crippen LogP contribution in [0.3, 0.4) is 0 Å². The normalized spacial score (nSPS) is 19.2. The Hall–Kier alpha value is -2.86. The van der Waals surface area contributed by atoms with E-state index < -0.39 is 5.54 Å². The van der Waals surface area contributed by atoms with E-state index in [-0.39, 0.29) is 0 Å². The van der Waals surface area contributed by atoms with E-state index in [1.165, 1.54) is 12.8 Å². The Bertz CT molecular complexity index is 895. The zero-order valence-corrected chi connectivity index (χ0v) is 18.4. The predicted octanol–water partition coefficient (Wildman–Crippen LogP) is 3.15. The monoisotopic (exact) mass is 413 g/mol. The maximum Gasteiger partial charge on any atom is 0.262 e. The van der Waals surface area contributed by atoms with E-state index in [1.807, 2.05) is 27.8 Å². The van der Waals surface area contributed by atoms with Crippen LogP contribution >= 0.6 is 0 Å². The van der Waals surface area contributed by atoms with Crippen molar-refractivity contribution in [1.82, 2.24) is 25.1 Å². The lowest BCUT2D eigenvalue weighted by Gasteiger charge is -2.28. The van der Waals surface area contributed by atoms with Gasteiger partial charge < -0.3 is 20.1 Å². The van der Waals surface area contributed by atoms with Crippen LogP contribution in [0.4, 0.5) is 11.6 Å². The van der Waals surface area contributed by atoms with Gasteiger partial charge in [0, 0.05) is 6.04 Å². The standard InChI is InChI=1S/C21H31N7O2/c1-14-17(11-28(27-14)21(2,3)13-22)25-20-24-10-18(29-5)19(26-20)30-12-15-6-8-16(23-4)9-7-15/h10-11,15-16,23H,6-9,12H2,1-5H3,(H,24,25,26). The number of aryl methyl sites for hydroxylation is 1. The summed E-state index contributed by atoms with van der Waals surface area (Å²) in [4.78, 5) is 8.82. The van der Waals surface area contributed by atoms with Gasteiger partial charge in [0.05, 0.1) is 43.6 Å². The largest absolute Gasteiger partial charge is 0.490 e. The number of nitriles is 1. The van der Waals surface area contributed by atoms with Gasteiger partial charge in [-0.1, -0.05) is 0 Å². The molecule has 0 atom stereocenters. The van der Waals surface area contributed by atoms with Crippen molar-refractivity contribution in [3.05, 3.63) is 18.1 Å². The molecule has 3 rings (SSSR count). The molecule has 0 amide bonds. The quantitative estimate of drug-likeness (QED) is 0.679. The van der Waals surface area contributed by atoms with E-state index in [0.29, 0.717) is 36.1 Å². The van der Waals surface area contributed by atoms with E-state index in [9.17, 15) is 5.26 Å². The number of anilines is 2. The molecule has 0 spiro atoms. The fourth-order valence-electron chi connectivity index (χ4n) is 3.51. The second-order valence-electron chi connectivity index (χ2n) is 8.25. The van der Waals surface area contributed by atoms with Gasteiger partial charge in [-0.2, -0.15) is 15.3 Å². The van der Waals surface area contributed by atoms with Crippen molar-refractivity contribution < 1.29 is 9.47 Å². The highest BCUT2D eigenvalue weighted by Gasteiger charge is 2.23. The minimum absolute atomic E-state index is 0.391. The van der Waals surface area contributed by atoms with Gasteiger partial charge in [-0.3, -0.25) is 4.68 Å². The Morgan fingerprint density at radius 2 is 2.03 bits per heavy atom. The molecule has 1 fully saturated rings. The van der Waals surface area contributed by atoms with Crippen molar-refractivity contribution in [3.8, 4) is 17.7 Å². The molecule has 162 valence electrons. The van der Waals surface area contributed by atoms with Crippen LogP contribution in [0, 0.1) is 24.2 Å². The molecule has 1 saturated carbocycles. The van der Waals surface area contributed by atoms with Crippen molar-refractivity contribution in [2.75, 3.05) is 26.1 Å². The molecule has 1 aliphatic rings. The Morgan fingerprint density at radius 3 is 2.67 bits per heavy atom. The molecular formula is C21H31N7O2. The molecule has 30 heavy (non-hydrogen) atoms. The summed E-state index contributed by atoms with van der Waals surface area (Å²) in [5.74, 6) is 1.83. The van der Waals surface area contributed by atoms with Gasteiger partial charge in [0.1, 0.15) is 5.54 Å². The molecule has 2 heterocycles. The molecule has 9 nitrogen and oxygen atoms in total. The molecule has 0 unspecified atom stereocenters. The van der Waals surface area contributed by atoms with Gasteiger partial charge in [0.2, 0.25) is 5.95 Å². The molecular weight excluding hydrogens is 382 g/mol. The fraction of sp³-hybridized carbons (Fsp3) is 0.619. The van der Waals surface area contributed by atoms with Crippen molar-refractivity contribution in [1.29, 1.82) is 5.26 Å². The second kappa shape index (κ2) is 9.30. The number of hydrogen-bond acceptors (Lipinski definition) is 8. The highest BCUT2D eigenvalue weighted by Crippen LogP contribution is 2.30. The second-order valence-corrected chi connectivity index (χ2v) is 8.25. The molecule has 1 aliphatic carbocycles. The third kappa shape index (κ3) is 5.00. The Balaban J connectivity index is 1.70. The third-order valence-electron chi connectivity index (χ3n) is 5.64. The van der Waals surface area contributed by atoms with E-state index in [1.54, 1.807) is 24.2 Å². The first-order valence-electron chi connectivity index (χ1n) is 10.3. The number of rotatable bonds is 8. The molecule has 0 bridgehead atoms.